The van der Waals surface area contributed by atoms with Crippen LogP contribution < -0.4 is 10.6 Å². The van der Waals surface area contributed by atoms with E-state index in [-0.39, 0.29) is 18.4 Å². The Labute approximate surface area is 122 Å². The topological polar surface area (TPSA) is 108 Å². The third-order valence-electron chi connectivity index (χ3n) is 2.85. The van der Waals surface area contributed by atoms with Crippen molar-refractivity contribution < 1.29 is 4.79 Å². The van der Waals surface area contributed by atoms with E-state index in [1.165, 1.54) is 0 Å². The Morgan fingerprint density at radius 2 is 2.19 bits per heavy atom. The van der Waals surface area contributed by atoms with Crippen LogP contribution in [0.3, 0.4) is 0 Å². The minimum atomic E-state index is -0.191. The zero-order chi connectivity index (χ0) is 15.2. The average molecular weight is 289 g/mol. The van der Waals surface area contributed by atoms with Gasteiger partial charge in [0.25, 0.3) is 5.91 Å². The summed E-state index contributed by atoms with van der Waals surface area (Å²) in [5, 5.41) is 19.3. The number of aromatic amines is 1. The average Bonchev–Trinajstić information content (AvgIpc) is 2.98. The Balaban J connectivity index is 2.14. The predicted octanol–water partition coefficient (Wildman–Crippen LogP) is 1.08. The molecule has 21 heavy (non-hydrogen) atoms. The van der Waals surface area contributed by atoms with Crippen molar-refractivity contribution in [3.05, 3.63) is 29.2 Å². The van der Waals surface area contributed by atoms with E-state index in [4.69, 9.17) is 0 Å². The van der Waals surface area contributed by atoms with Crippen molar-refractivity contribution in [3.63, 3.8) is 0 Å². The highest BCUT2D eigenvalue weighted by atomic mass is 16.1. The van der Waals surface area contributed by atoms with E-state index in [1.807, 2.05) is 20.8 Å². The number of amides is 1. The highest BCUT2D eigenvalue weighted by Crippen LogP contribution is 2.17. The number of pyridine rings is 1. The second-order valence-electron chi connectivity index (χ2n) is 4.86. The second kappa shape index (κ2) is 6.78. The molecule has 2 aromatic rings. The molecule has 1 amide bonds. The summed E-state index contributed by atoms with van der Waals surface area (Å²) in [6, 6.07) is 3.54. The van der Waals surface area contributed by atoms with E-state index in [1.54, 1.807) is 12.1 Å². The molecule has 0 aliphatic rings. The van der Waals surface area contributed by atoms with Crippen LogP contribution in [0.2, 0.25) is 0 Å². The Morgan fingerprint density at radius 3 is 2.81 bits per heavy atom. The molecular formula is C13H19N7O. The molecule has 0 atom stereocenters. The summed E-state index contributed by atoms with van der Waals surface area (Å²) < 4.78 is 0. The van der Waals surface area contributed by atoms with Crippen molar-refractivity contribution in [3.8, 4) is 0 Å². The van der Waals surface area contributed by atoms with Crippen LogP contribution in [0.25, 0.3) is 0 Å². The zero-order valence-electron chi connectivity index (χ0n) is 12.3. The summed E-state index contributed by atoms with van der Waals surface area (Å²) in [5.41, 5.74) is 1.44. The van der Waals surface area contributed by atoms with Crippen LogP contribution in [0.4, 0.5) is 5.82 Å². The van der Waals surface area contributed by atoms with Crippen molar-refractivity contribution in [2.75, 3.05) is 11.9 Å². The molecule has 8 nitrogen and oxygen atoms in total. The largest absolute Gasteiger partial charge is 0.370 e. The van der Waals surface area contributed by atoms with Gasteiger partial charge in [-0.15, -0.1) is 10.2 Å². The Hall–Kier alpha value is -2.51. The van der Waals surface area contributed by atoms with Gasteiger partial charge in [0, 0.05) is 17.8 Å². The summed E-state index contributed by atoms with van der Waals surface area (Å²) in [6.07, 6.45) is 0. The van der Waals surface area contributed by atoms with Crippen LogP contribution in [-0.4, -0.2) is 38.1 Å². The van der Waals surface area contributed by atoms with Crippen molar-refractivity contribution in [2.24, 2.45) is 0 Å². The number of anilines is 1. The monoisotopic (exact) mass is 289 g/mol. The fourth-order valence-corrected chi connectivity index (χ4v) is 1.77. The number of tetrazole rings is 1. The molecule has 0 saturated carbocycles. The maximum absolute atomic E-state index is 12.2. The standard InChI is InChI=1S/C13H19N7O/c1-4-14-11-6-9(5-10(16-11)8(2)3)13(21)15-7-12-17-19-20-18-12/h5-6,8H,4,7H2,1-3H3,(H,14,16)(H,15,21)(H,17,18,19,20). The van der Waals surface area contributed by atoms with Gasteiger partial charge in [0.2, 0.25) is 0 Å². The summed E-state index contributed by atoms with van der Waals surface area (Å²) in [7, 11) is 0. The Bertz CT molecular complexity index is 595. The number of nitrogens with one attached hydrogen (secondary N) is 3. The van der Waals surface area contributed by atoms with Crippen LogP contribution in [-0.2, 0) is 6.54 Å². The lowest BCUT2D eigenvalue weighted by Crippen LogP contribution is -2.24. The number of hydrogen-bond donors (Lipinski definition) is 3. The first kappa shape index (κ1) is 14.9. The number of nitrogens with zero attached hydrogens (tertiary/aromatic N) is 4. The van der Waals surface area contributed by atoms with E-state index in [2.05, 4.69) is 36.2 Å². The predicted molar refractivity (Wildman–Crippen MR) is 77.8 cm³/mol. The normalized spacial score (nSPS) is 10.7. The summed E-state index contributed by atoms with van der Waals surface area (Å²) in [5.74, 6) is 1.19. The zero-order valence-corrected chi connectivity index (χ0v) is 12.3. The first-order chi connectivity index (χ1) is 10.1. The number of carbonyl (C=O) groups is 1. The minimum absolute atomic E-state index is 0.191. The molecule has 2 aromatic heterocycles. The third kappa shape index (κ3) is 3.98. The first-order valence-electron chi connectivity index (χ1n) is 6.86. The molecule has 3 N–H and O–H groups in total. The van der Waals surface area contributed by atoms with Gasteiger partial charge in [-0.3, -0.25) is 4.79 Å². The van der Waals surface area contributed by atoms with E-state index in [0.717, 1.165) is 12.2 Å². The number of H-pyrrole nitrogens is 1. The van der Waals surface area contributed by atoms with Gasteiger partial charge in [-0.05, 0) is 25.0 Å². The van der Waals surface area contributed by atoms with Crippen LogP contribution in [0.5, 0.6) is 0 Å². The third-order valence-corrected chi connectivity index (χ3v) is 2.85. The van der Waals surface area contributed by atoms with Crippen LogP contribution in [0.1, 0.15) is 48.6 Å². The van der Waals surface area contributed by atoms with E-state index < -0.39 is 0 Å². The molecule has 0 unspecified atom stereocenters. The lowest BCUT2D eigenvalue weighted by Gasteiger charge is -2.11. The van der Waals surface area contributed by atoms with Gasteiger partial charge >= 0.3 is 0 Å². The maximum atomic E-state index is 12.2. The molecule has 0 bridgehead atoms. The summed E-state index contributed by atoms with van der Waals surface area (Å²) in [6.45, 7) is 7.04. The molecule has 0 aromatic carbocycles. The van der Waals surface area contributed by atoms with Crippen LogP contribution in [0.15, 0.2) is 12.1 Å². The van der Waals surface area contributed by atoms with Crippen LogP contribution >= 0.6 is 0 Å². The van der Waals surface area contributed by atoms with E-state index in [9.17, 15) is 4.79 Å². The molecule has 2 rings (SSSR count). The molecular weight excluding hydrogens is 270 g/mol. The number of aromatic nitrogens is 5. The van der Waals surface area contributed by atoms with E-state index in [0.29, 0.717) is 17.2 Å². The molecule has 0 aliphatic carbocycles. The van der Waals surface area contributed by atoms with Crippen LogP contribution in [0, 0.1) is 0 Å². The summed E-state index contributed by atoms with van der Waals surface area (Å²) >= 11 is 0. The fourth-order valence-electron chi connectivity index (χ4n) is 1.77. The number of rotatable bonds is 6. The Morgan fingerprint density at radius 1 is 1.38 bits per heavy atom. The SMILES string of the molecule is CCNc1cc(C(=O)NCc2nn[nH]n2)cc(C(C)C)n1. The molecule has 0 saturated heterocycles. The maximum Gasteiger partial charge on any atom is 0.251 e. The fraction of sp³-hybridized carbons (Fsp3) is 0.462. The first-order valence-corrected chi connectivity index (χ1v) is 6.86. The smallest absolute Gasteiger partial charge is 0.251 e. The molecule has 0 radical (unpaired) electrons. The quantitative estimate of drug-likeness (QED) is 0.734. The van der Waals surface area contributed by atoms with Crippen molar-refractivity contribution in [2.45, 2.75) is 33.2 Å². The summed E-state index contributed by atoms with van der Waals surface area (Å²) in [4.78, 5) is 16.7. The van der Waals surface area contributed by atoms with Gasteiger partial charge in [0.05, 0.1) is 6.54 Å². The van der Waals surface area contributed by atoms with Crippen molar-refractivity contribution >= 4 is 11.7 Å². The molecule has 0 aliphatic heterocycles. The number of hydrogen-bond acceptors (Lipinski definition) is 6. The van der Waals surface area contributed by atoms with Gasteiger partial charge < -0.3 is 10.6 Å². The second-order valence-corrected chi connectivity index (χ2v) is 4.86. The highest BCUT2D eigenvalue weighted by Gasteiger charge is 2.12. The highest BCUT2D eigenvalue weighted by molar-refractivity contribution is 5.94. The van der Waals surface area contributed by atoms with Crippen molar-refractivity contribution in [1.29, 1.82) is 0 Å². The van der Waals surface area contributed by atoms with Gasteiger partial charge in [-0.2, -0.15) is 5.21 Å². The van der Waals surface area contributed by atoms with Gasteiger partial charge in [-0.1, -0.05) is 19.1 Å². The van der Waals surface area contributed by atoms with E-state index >= 15 is 0 Å². The minimum Gasteiger partial charge on any atom is -0.370 e. The molecule has 0 fully saturated rings. The molecule has 0 spiro atoms. The van der Waals surface area contributed by atoms with Gasteiger partial charge in [0.15, 0.2) is 5.82 Å². The van der Waals surface area contributed by atoms with Gasteiger partial charge in [0.1, 0.15) is 5.82 Å². The molecule has 2 heterocycles. The molecule has 112 valence electrons. The lowest BCUT2D eigenvalue weighted by atomic mass is 10.1. The lowest BCUT2D eigenvalue weighted by molar-refractivity contribution is 0.0949. The number of carbonyl (C=O) groups excluding carboxylic acids is 1. The Kier molecular flexibility index (Phi) is 4.81. The van der Waals surface area contributed by atoms with Gasteiger partial charge in [-0.25, -0.2) is 4.98 Å². The van der Waals surface area contributed by atoms with Crippen molar-refractivity contribution in [1.82, 2.24) is 30.9 Å². The molecule has 8 heteroatoms.